The first-order chi connectivity index (χ1) is 11.3. The molecular weight excluding hydrogens is 352 g/mol. The Kier molecular flexibility index (Phi) is 4.40. The van der Waals surface area contributed by atoms with Crippen LogP contribution in [0.3, 0.4) is 0 Å². The van der Waals surface area contributed by atoms with Gasteiger partial charge in [-0.1, -0.05) is 23.7 Å². The van der Waals surface area contributed by atoms with Crippen LogP contribution in [0.2, 0.25) is 5.02 Å². The highest BCUT2D eigenvalue weighted by Crippen LogP contribution is 2.44. The number of hydrogen-bond donors (Lipinski definition) is 1. The van der Waals surface area contributed by atoms with Gasteiger partial charge < -0.3 is 9.84 Å². The average molecular weight is 369 g/mol. The van der Waals surface area contributed by atoms with Crippen LogP contribution in [0, 0.1) is 6.92 Å². The SMILES string of the molecule is CCS(=O)(=O)c1ccc(Cl)c(C(=O)Nc2c(C)noc2C2CC2)c1. The summed E-state index contributed by atoms with van der Waals surface area (Å²) in [6.45, 7) is 3.29. The number of nitrogens with zero attached hydrogens (tertiary/aromatic N) is 1. The molecule has 0 bridgehead atoms. The molecule has 0 saturated heterocycles. The first kappa shape index (κ1) is 17.0. The predicted molar refractivity (Wildman–Crippen MR) is 90.3 cm³/mol. The van der Waals surface area contributed by atoms with E-state index in [1.807, 2.05) is 0 Å². The molecule has 1 fully saturated rings. The Hall–Kier alpha value is -1.86. The third-order valence-corrected chi connectivity index (χ3v) is 6.06. The molecule has 128 valence electrons. The second-order valence-corrected chi connectivity index (χ2v) is 8.47. The van der Waals surface area contributed by atoms with Crippen molar-refractivity contribution < 1.29 is 17.7 Å². The molecule has 0 spiro atoms. The lowest BCUT2D eigenvalue weighted by molar-refractivity contribution is 0.102. The summed E-state index contributed by atoms with van der Waals surface area (Å²) in [5.41, 5.74) is 1.23. The van der Waals surface area contributed by atoms with Gasteiger partial charge in [0.15, 0.2) is 15.6 Å². The highest BCUT2D eigenvalue weighted by Gasteiger charge is 2.32. The Morgan fingerprint density at radius 2 is 2.12 bits per heavy atom. The smallest absolute Gasteiger partial charge is 0.257 e. The second-order valence-electron chi connectivity index (χ2n) is 5.78. The van der Waals surface area contributed by atoms with Crippen LogP contribution in [0.4, 0.5) is 5.69 Å². The predicted octanol–water partition coefficient (Wildman–Crippen LogP) is 3.56. The van der Waals surface area contributed by atoms with Gasteiger partial charge in [-0.15, -0.1) is 0 Å². The molecule has 1 aliphatic carbocycles. The van der Waals surface area contributed by atoms with Crippen LogP contribution in [0.1, 0.15) is 47.5 Å². The largest absolute Gasteiger partial charge is 0.359 e. The van der Waals surface area contributed by atoms with E-state index in [0.29, 0.717) is 17.1 Å². The van der Waals surface area contributed by atoms with Gasteiger partial charge in [-0.25, -0.2) is 8.42 Å². The third-order valence-electron chi connectivity index (χ3n) is 4.00. The normalized spacial score (nSPS) is 14.6. The molecule has 8 heteroatoms. The highest BCUT2D eigenvalue weighted by atomic mass is 35.5. The molecule has 1 saturated carbocycles. The van der Waals surface area contributed by atoms with Crippen LogP contribution in [-0.2, 0) is 9.84 Å². The molecule has 1 aromatic heterocycles. The van der Waals surface area contributed by atoms with E-state index in [1.165, 1.54) is 18.2 Å². The number of amides is 1. The number of anilines is 1. The van der Waals surface area contributed by atoms with Crippen molar-refractivity contribution in [2.75, 3.05) is 11.1 Å². The van der Waals surface area contributed by atoms with Gasteiger partial charge in [0.25, 0.3) is 5.91 Å². The quantitative estimate of drug-likeness (QED) is 0.871. The molecular formula is C16H17ClN2O4S. The first-order valence-electron chi connectivity index (χ1n) is 7.63. The van der Waals surface area contributed by atoms with Crippen molar-refractivity contribution in [1.82, 2.24) is 5.16 Å². The molecule has 6 nitrogen and oxygen atoms in total. The Morgan fingerprint density at radius 3 is 2.75 bits per heavy atom. The van der Waals surface area contributed by atoms with Gasteiger partial charge in [-0.2, -0.15) is 0 Å². The topological polar surface area (TPSA) is 89.3 Å². The molecule has 0 radical (unpaired) electrons. The van der Waals surface area contributed by atoms with Crippen LogP contribution in [0.25, 0.3) is 0 Å². The minimum atomic E-state index is -3.42. The fraction of sp³-hybridized carbons (Fsp3) is 0.375. The Bertz CT molecular complexity index is 901. The summed E-state index contributed by atoms with van der Waals surface area (Å²) in [6.07, 6.45) is 2.00. The maximum Gasteiger partial charge on any atom is 0.257 e. The number of aryl methyl sites for hydroxylation is 1. The van der Waals surface area contributed by atoms with Crippen molar-refractivity contribution in [2.45, 2.75) is 37.5 Å². The van der Waals surface area contributed by atoms with Gasteiger partial charge in [0.05, 0.1) is 21.2 Å². The average Bonchev–Trinajstić information content (AvgIpc) is 3.33. The number of halogens is 1. The Balaban J connectivity index is 1.93. The van der Waals surface area contributed by atoms with E-state index in [-0.39, 0.29) is 27.2 Å². The van der Waals surface area contributed by atoms with Crippen LogP contribution in [0.5, 0.6) is 0 Å². The second kappa shape index (κ2) is 6.22. The van der Waals surface area contributed by atoms with E-state index in [9.17, 15) is 13.2 Å². The van der Waals surface area contributed by atoms with Crippen LogP contribution >= 0.6 is 11.6 Å². The van der Waals surface area contributed by atoms with Crippen molar-refractivity contribution in [2.24, 2.45) is 0 Å². The number of carbonyl (C=O) groups excluding carboxylic acids is 1. The van der Waals surface area contributed by atoms with Crippen molar-refractivity contribution in [3.63, 3.8) is 0 Å². The Morgan fingerprint density at radius 1 is 1.42 bits per heavy atom. The van der Waals surface area contributed by atoms with Gasteiger partial charge in [0.2, 0.25) is 0 Å². The molecule has 0 unspecified atom stereocenters. The van der Waals surface area contributed by atoms with E-state index in [2.05, 4.69) is 10.5 Å². The number of sulfone groups is 1. The summed E-state index contributed by atoms with van der Waals surface area (Å²) < 4.78 is 29.3. The molecule has 1 aliphatic rings. The van der Waals surface area contributed by atoms with E-state index in [4.69, 9.17) is 16.1 Å². The van der Waals surface area contributed by atoms with E-state index in [1.54, 1.807) is 13.8 Å². The maximum absolute atomic E-state index is 12.6. The summed E-state index contributed by atoms with van der Waals surface area (Å²) in [5, 5.41) is 6.84. The lowest BCUT2D eigenvalue weighted by Crippen LogP contribution is -2.15. The summed E-state index contributed by atoms with van der Waals surface area (Å²) in [7, 11) is -3.42. The zero-order chi connectivity index (χ0) is 17.5. The monoisotopic (exact) mass is 368 g/mol. The molecule has 0 atom stereocenters. The van der Waals surface area contributed by atoms with Crippen molar-refractivity contribution >= 4 is 33.0 Å². The lowest BCUT2D eigenvalue weighted by atomic mass is 10.2. The Labute approximate surface area is 145 Å². The van der Waals surface area contributed by atoms with E-state index in [0.717, 1.165) is 12.8 Å². The standard InChI is InChI=1S/C16H17ClN2O4S/c1-3-24(21,22)11-6-7-13(17)12(8-11)16(20)18-14-9(2)19-23-15(14)10-4-5-10/h6-8,10H,3-5H2,1-2H3,(H,18,20). The number of carbonyl (C=O) groups is 1. The summed E-state index contributed by atoms with van der Waals surface area (Å²) in [4.78, 5) is 12.7. The fourth-order valence-corrected chi connectivity index (χ4v) is 3.49. The van der Waals surface area contributed by atoms with Crippen molar-refractivity contribution in [3.8, 4) is 0 Å². The summed E-state index contributed by atoms with van der Waals surface area (Å²) >= 11 is 6.08. The fourth-order valence-electron chi connectivity index (χ4n) is 2.38. The minimum Gasteiger partial charge on any atom is -0.359 e. The minimum absolute atomic E-state index is 0.0493. The number of hydrogen-bond acceptors (Lipinski definition) is 5. The van der Waals surface area contributed by atoms with Gasteiger partial charge in [0.1, 0.15) is 11.4 Å². The van der Waals surface area contributed by atoms with Crippen LogP contribution in [-0.4, -0.2) is 25.2 Å². The van der Waals surface area contributed by atoms with Crippen molar-refractivity contribution in [1.29, 1.82) is 0 Å². The number of benzene rings is 1. The molecule has 1 heterocycles. The maximum atomic E-state index is 12.6. The lowest BCUT2D eigenvalue weighted by Gasteiger charge is -2.09. The molecule has 2 aromatic rings. The number of rotatable bonds is 5. The third kappa shape index (κ3) is 3.18. The van der Waals surface area contributed by atoms with Gasteiger partial charge in [-0.3, -0.25) is 4.79 Å². The van der Waals surface area contributed by atoms with Crippen molar-refractivity contribution in [3.05, 3.63) is 40.2 Å². The van der Waals surface area contributed by atoms with E-state index < -0.39 is 15.7 Å². The first-order valence-corrected chi connectivity index (χ1v) is 9.66. The molecule has 0 aliphatic heterocycles. The van der Waals surface area contributed by atoms with E-state index >= 15 is 0 Å². The molecule has 24 heavy (non-hydrogen) atoms. The number of nitrogens with one attached hydrogen (secondary N) is 1. The summed E-state index contributed by atoms with van der Waals surface area (Å²) in [6, 6.07) is 4.12. The zero-order valence-corrected chi connectivity index (χ0v) is 14.9. The molecule has 1 amide bonds. The van der Waals surface area contributed by atoms with Crippen LogP contribution in [0.15, 0.2) is 27.6 Å². The summed E-state index contributed by atoms with van der Waals surface area (Å²) in [5.74, 6) is 0.408. The zero-order valence-electron chi connectivity index (χ0n) is 13.3. The van der Waals surface area contributed by atoms with Crippen LogP contribution < -0.4 is 5.32 Å². The highest BCUT2D eigenvalue weighted by molar-refractivity contribution is 7.91. The molecule has 3 rings (SSSR count). The number of aromatic nitrogens is 1. The van der Waals surface area contributed by atoms with Gasteiger partial charge in [0, 0.05) is 5.92 Å². The van der Waals surface area contributed by atoms with Gasteiger partial charge in [-0.05, 0) is 38.0 Å². The van der Waals surface area contributed by atoms with Gasteiger partial charge >= 0.3 is 0 Å². The molecule has 1 aromatic carbocycles. The molecule has 1 N–H and O–H groups in total.